The van der Waals surface area contributed by atoms with E-state index in [0.717, 1.165) is 6.42 Å². The average Bonchev–Trinajstić information content (AvgIpc) is 3.81. The van der Waals surface area contributed by atoms with Gasteiger partial charge in [0.1, 0.15) is 0 Å². The van der Waals surface area contributed by atoms with E-state index in [-0.39, 0.29) is 0 Å². The van der Waals surface area contributed by atoms with Gasteiger partial charge in [-0.15, -0.1) is 0 Å². The SMILES string of the molecule is C=C1CC=CC=C1C1=C2C(=C(c3ccc4c(c3)c3ccccc3n4-c3ccccc3)c3c2ccc2ccccc32)c2ccc3ccccc3c21. The van der Waals surface area contributed by atoms with E-state index >= 15 is 0 Å². The van der Waals surface area contributed by atoms with E-state index in [1.807, 2.05) is 0 Å². The number of benzene rings is 7. The van der Waals surface area contributed by atoms with Gasteiger partial charge in [0, 0.05) is 16.5 Å². The Kier molecular flexibility index (Phi) is 5.66. The minimum atomic E-state index is 0.862. The number of para-hydroxylation sites is 2. The fourth-order valence-electron chi connectivity index (χ4n) is 8.94. The highest BCUT2D eigenvalue weighted by Gasteiger charge is 2.40. The maximum atomic E-state index is 4.61. The highest BCUT2D eigenvalue weighted by atomic mass is 15.0. The van der Waals surface area contributed by atoms with Gasteiger partial charge < -0.3 is 4.57 Å². The third kappa shape index (κ3) is 3.67. The van der Waals surface area contributed by atoms with Gasteiger partial charge in [-0.1, -0.05) is 140 Å². The Morgan fingerprint density at radius 2 is 1.08 bits per heavy atom. The molecule has 1 heteroatoms. The van der Waals surface area contributed by atoms with E-state index in [2.05, 4.69) is 175 Å². The van der Waals surface area contributed by atoms with Gasteiger partial charge >= 0.3 is 0 Å². The van der Waals surface area contributed by atoms with Crippen molar-refractivity contribution in [3.8, 4) is 5.69 Å². The molecule has 0 amide bonds. The van der Waals surface area contributed by atoms with Gasteiger partial charge in [-0.2, -0.15) is 0 Å². The molecule has 0 fully saturated rings. The summed E-state index contributed by atoms with van der Waals surface area (Å²) in [6.07, 6.45) is 7.57. The molecule has 1 heterocycles. The first-order valence-electron chi connectivity index (χ1n) is 17.4. The van der Waals surface area contributed by atoms with Crippen molar-refractivity contribution in [3.63, 3.8) is 0 Å². The lowest BCUT2D eigenvalue weighted by Crippen LogP contribution is -1.99. The first kappa shape index (κ1) is 27.5. The summed E-state index contributed by atoms with van der Waals surface area (Å²) in [4.78, 5) is 0. The maximum Gasteiger partial charge on any atom is 0.0541 e. The van der Waals surface area contributed by atoms with Crippen LogP contribution in [0.2, 0.25) is 0 Å². The van der Waals surface area contributed by atoms with Gasteiger partial charge in [0.15, 0.2) is 0 Å². The maximum absolute atomic E-state index is 4.61. The summed E-state index contributed by atoms with van der Waals surface area (Å²) in [7, 11) is 0. The van der Waals surface area contributed by atoms with Crippen molar-refractivity contribution in [1.29, 1.82) is 0 Å². The van der Waals surface area contributed by atoms with Crippen molar-refractivity contribution in [2.75, 3.05) is 0 Å². The molecule has 0 N–H and O–H groups in total. The van der Waals surface area contributed by atoms with E-state index in [1.165, 1.54) is 110 Å². The van der Waals surface area contributed by atoms with E-state index in [1.54, 1.807) is 0 Å². The van der Waals surface area contributed by atoms with Crippen LogP contribution >= 0.6 is 0 Å². The monoisotopic (exact) mass is 633 g/mol. The third-order valence-corrected chi connectivity index (χ3v) is 11.0. The molecule has 0 bridgehead atoms. The topological polar surface area (TPSA) is 4.93 Å². The molecular weight excluding hydrogens is 603 g/mol. The van der Waals surface area contributed by atoms with Crippen LogP contribution in [-0.2, 0) is 0 Å². The Balaban J connectivity index is 1.30. The lowest BCUT2D eigenvalue weighted by Gasteiger charge is -2.19. The van der Waals surface area contributed by atoms with Crippen molar-refractivity contribution < 1.29 is 0 Å². The molecule has 3 aliphatic rings. The van der Waals surface area contributed by atoms with E-state index in [0.29, 0.717) is 0 Å². The molecule has 8 aromatic rings. The normalized spacial score (nSPS) is 15.0. The molecule has 0 saturated heterocycles. The van der Waals surface area contributed by atoms with Gasteiger partial charge in [0.05, 0.1) is 11.0 Å². The van der Waals surface area contributed by atoms with Gasteiger partial charge in [-0.05, 0) is 120 Å². The molecule has 50 heavy (non-hydrogen) atoms. The zero-order chi connectivity index (χ0) is 32.9. The Morgan fingerprint density at radius 1 is 0.480 bits per heavy atom. The van der Waals surface area contributed by atoms with E-state index in [9.17, 15) is 0 Å². The number of rotatable bonds is 3. The summed E-state index contributed by atoms with van der Waals surface area (Å²) in [6.45, 7) is 4.61. The molecular formula is C49H31N. The summed E-state index contributed by atoms with van der Waals surface area (Å²) in [6, 6.07) is 53.8. The first-order valence-corrected chi connectivity index (χ1v) is 17.4. The predicted molar refractivity (Wildman–Crippen MR) is 212 cm³/mol. The molecule has 1 aromatic heterocycles. The molecule has 0 aliphatic heterocycles. The van der Waals surface area contributed by atoms with Gasteiger partial charge in [-0.25, -0.2) is 0 Å². The number of allylic oxidation sites excluding steroid dienone is 8. The van der Waals surface area contributed by atoms with Crippen molar-refractivity contribution in [3.05, 3.63) is 209 Å². The second kappa shape index (κ2) is 10.3. The van der Waals surface area contributed by atoms with Crippen molar-refractivity contribution in [2.45, 2.75) is 6.42 Å². The van der Waals surface area contributed by atoms with Crippen LogP contribution in [0.4, 0.5) is 0 Å². The molecule has 0 saturated carbocycles. The summed E-state index contributed by atoms with van der Waals surface area (Å²) in [5.74, 6) is 0. The highest BCUT2D eigenvalue weighted by molar-refractivity contribution is 6.39. The summed E-state index contributed by atoms with van der Waals surface area (Å²) >= 11 is 0. The molecule has 0 radical (unpaired) electrons. The number of nitrogens with zero attached hydrogens (tertiary/aromatic N) is 1. The standard InChI is InChI=1S/C49H31N/c1-30-13-5-8-18-35(30)47-46-37-20-10-7-15-32(37)24-27-40(46)48-44(45-36-19-9-6-14-31(36)23-26-39(45)49(47)48)33-25-28-43-41(29-33)38-21-11-12-22-42(38)50(43)34-16-3-2-4-17-34/h2-12,14-29H,1,13H2. The fourth-order valence-corrected chi connectivity index (χ4v) is 8.94. The van der Waals surface area contributed by atoms with Crippen LogP contribution < -0.4 is 0 Å². The van der Waals surface area contributed by atoms with Crippen LogP contribution in [0.3, 0.4) is 0 Å². The lowest BCUT2D eigenvalue weighted by atomic mass is 9.84. The van der Waals surface area contributed by atoms with E-state index in [4.69, 9.17) is 0 Å². The van der Waals surface area contributed by atoms with Crippen molar-refractivity contribution in [2.24, 2.45) is 0 Å². The Bertz CT molecular complexity index is 2940. The van der Waals surface area contributed by atoms with Gasteiger partial charge in [0.2, 0.25) is 0 Å². The molecule has 1 nitrogen and oxygen atoms in total. The Labute approximate surface area is 290 Å². The lowest BCUT2D eigenvalue weighted by molar-refractivity contribution is 1.18. The number of hydrogen-bond donors (Lipinski definition) is 0. The molecule has 0 unspecified atom stereocenters. The molecule has 11 rings (SSSR count). The molecule has 3 aliphatic carbocycles. The largest absolute Gasteiger partial charge is 0.309 e. The van der Waals surface area contributed by atoms with Crippen molar-refractivity contribution in [1.82, 2.24) is 4.57 Å². The first-order chi connectivity index (χ1) is 24.8. The second-order valence-corrected chi connectivity index (χ2v) is 13.7. The highest BCUT2D eigenvalue weighted by Crippen LogP contribution is 2.61. The molecule has 7 aromatic carbocycles. The number of hydrogen-bond acceptors (Lipinski definition) is 0. The number of fused-ring (bicyclic) bond motifs is 12. The molecule has 232 valence electrons. The minimum absolute atomic E-state index is 0.862. The zero-order valence-corrected chi connectivity index (χ0v) is 27.4. The summed E-state index contributed by atoms with van der Waals surface area (Å²) in [5.41, 5.74) is 17.8. The van der Waals surface area contributed by atoms with Crippen LogP contribution in [-0.4, -0.2) is 4.57 Å². The molecule has 0 spiro atoms. The van der Waals surface area contributed by atoms with Crippen LogP contribution in [0.25, 0.3) is 71.3 Å². The van der Waals surface area contributed by atoms with Crippen molar-refractivity contribution >= 4 is 65.6 Å². The third-order valence-electron chi connectivity index (χ3n) is 11.0. The predicted octanol–water partition coefficient (Wildman–Crippen LogP) is 12.7. The quantitative estimate of drug-likeness (QED) is 0.182. The fraction of sp³-hybridized carbons (Fsp3) is 0.0204. The van der Waals surface area contributed by atoms with Gasteiger partial charge in [0.25, 0.3) is 0 Å². The minimum Gasteiger partial charge on any atom is -0.309 e. The average molecular weight is 634 g/mol. The van der Waals surface area contributed by atoms with E-state index < -0.39 is 0 Å². The molecule has 0 atom stereocenters. The number of aromatic nitrogens is 1. The van der Waals surface area contributed by atoms with Crippen LogP contribution in [0.5, 0.6) is 0 Å². The van der Waals surface area contributed by atoms with Crippen LogP contribution in [0, 0.1) is 0 Å². The van der Waals surface area contributed by atoms with Crippen LogP contribution in [0.15, 0.2) is 182 Å². The zero-order valence-electron chi connectivity index (χ0n) is 27.4. The van der Waals surface area contributed by atoms with Crippen LogP contribution in [0.1, 0.15) is 34.2 Å². The Hall–Kier alpha value is -6.44. The Morgan fingerprint density at radius 3 is 1.80 bits per heavy atom. The van der Waals surface area contributed by atoms with Gasteiger partial charge in [-0.3, -0.25) is 0 Å². The smallest absolute Gasteiger partial charge is 0.0541 e. The second-order valence-electron chi connectivity index (χ2n) is 13.7. The summed E-state index contributed by atoms with van der Waals surface area (Å²) in [5, 5.41) is 7.63. The summed E-state index contributed by atoms with van der Waals surface area (Å²) < 4.78 is 2.40.